The number of hydrogen-bond acceptors (Lipinski definition) is 8. The number of aryl methyl sites for hydroxylation is 1. The standard InChI is InChI=1S/C18H25N5O4/c1-11(2)26-18(25)12-5-4-6-13(7-12)27-16-9-19-14(8-20-16)17-15(10-24)23(3)22-21-17/h8-9,11-13,24H,4-7,10H2,1-3H3/t12-,13-/m0/s1. The van der Waals surface area contributed by atoms with Gasteiger partial charge in [0.15, 0.2) is 0 Å². The zero-order valence-electron chi connectivity index (χ0n) is 15.8. The fourth-order valence-corrected chi connectivity index (χ4v) is 3.22. The predicted molar refractivity (Wildman–Crippen MR) is 95.6 cm³/mol. The lowest BCUT2D eigenvalue weighted by atomic mass is 9.87. The topological polar surface area (TPSA) is 112 Å². The molecule has 1 fully saturated rings. The molecule has 2 aromatic heterocycles. The molecule has 3 rings (SSSR count). The first-order chi connectivity index (χ1) is 13.0. The summed E-state index contributed by atoms with van der Waals surface area (Å²) in [7, 11) is 1.71. The first kappa shape index (κ1) is 19.2. The summed E-state index contributed by atoms with van der Waals surface area (Å²) in [5.74, 6) is 0.111. The van der Waals surface area contributed by atoms with E-state index in [0.717, 1.165) is 19.3 Å². The molecule has 1 N–H and O–H groups in total. The van der Waals surface area contributed by atoms with Crippen LogP contribution in [0.25, 0.3) is 11.4 Å². The third kappa shape index (κ3) is 4.60. The zero-order chi connectivity index (χ0) is 19.4. The Hall–Kier alpha value is -2.55. The smallest absolute Gasteiger partial charge is 0.309 e. The molecule has 0 aromatic carbocycles. The summed E-state index contributed by atoms with van der Waals surface area (Å²) < 4.78 is 12.7. The Kier molecular flexibility index (Phi) is 6.00. The minimum absolute atomic E-state index is 0.0897. The second kappa shape index (κ2) is 8.43. The van der Waals surface area contributed by atoms with Crippen LogP contribution in [-0.4, -0.2) is 48.2 Å². The first-order valence-corrected chi connectivity index (χ1v) is 9.17. The van der Waals surface area contributed by atoms with Gasteiger partial charge in [0.25, 0.3) is 0 Å². The largest absolute Gasteiger partial charge is 0.473 e. The Morgan fingerprint density at radius 2 is 2.15 bits per heavy atom. The molecule has 2 aromatic rings. The lowest BCUT2D eigenvalue weighted by Gasteiger charge is -2.28. The van der Waals surface area contributed by atoms with Crippen LogP contribution >= 0.6 is 0 Å². The number of esters is 1. The van der Waals surface area contributed by atoms with Crippen LogP contribution in [0.3, 0.4) is 0 Å². The van der Waals surface area contributed by atoms with Crippen molar-refractivity contribution in [2.75, 3.05) is 0 Å². The molecule has 9 heteroatoms. The van der Waals surface area contributed by atoms with Gasteiger partial charge in [0.2, 0.25) is 5.88 Å². The van der Waals surface area contributed by atoms with E-state index in [2.05, 4.69) is 20.3 Å². The third-order valence-electron chi connectivity index (χ3n) is 4.56. The van der Waals surface area contributed by atoms with Crippen molar-refractivity contribution in [1.29, 1.82) is 0 Å². The lowest BCUT2D eigenvalue weighted by molar-refractivity contribution is -0.154. The highest BCUT2D eigenvalue weighted by molar-refractivity contribution is 5.72. The summed E-state index contributed by atoms with van der Waals surface area (Å²) in [5, 5.41) is 17.3. The molecule has 2 heterocycles. The van der Waals surface area contributed by atoms with Gasteiger partial charge in [0, 0.05) is 7.05 Å². The lowest BCUT2D eigenvalue weighted by Crippen LogP contribution is -2.31. The van der Waals surface area contributed by atoms with E-state index in [1.54, 1.807) is 13.2 Å². The Morgan fingerprint density at radius 1 is 1.33 bits per heavy atom. The maximum atomic E-state index is 12.1. The number of aromatic nitrogens is 5. The molecule has 0 spiro atoms. The molecule has 0 bridgehead atoms. The number of aliphatic hydroxyl groups is 1. The molecule has 0 aliphatic heterocycles. The maximum Gasteiger partial charge on any atom is 0.309 e. The Morgan fingerprint density at radius 3 is 2.81 bits per heavy atom. The number of carbonyl (C=O) groups is 1. The van der Waals surface area contributed by atoms with Gasteiger partial charge in [-0.1, -0.05) is 5.21 Å². The second-order valence-electron chi connectivity index (χ2n) is 7.00. The van der Waals surface area contributed by atoms with Crippen molar-refractivity contribution in [3.8, 4) is 17.3 Å². The number of carbonyl (C=O) groups excluding carboxylic acids is 1. The quantitative estimate of drug-likeness (QED) is 0.759. The van der Waals surface area contributed by atoms with E-state index >= 15 is 0 Å². The number of rotatable bonds is 6. The Labute approximate surface area is 157 Å². The molecule has 1 aliphatic carbocycles. The van der Waals surface area contributed by atoms with Gasteiger partial charge in [-0.3, -0.25) is 4.79 Å². The third-order valence-corrected chi connectivity index (χ3v) is 4.56. The maximum absolute atomic E-state index is 12.1. The minimum atomic E-state index is -0.186. The molecule has 9 nitrogen and oxygen atoms in total. The number of hydrogen-bond donors (Lipinski definition) is 1. The van der Waals surface area contributed by atoms with Crippen LogP contribution in [0.4, 0.5) is 0 Å². The van der Waals surface area contributed by atoms with Crippen molar-refractivity contribution < 1.29 is 19.4 Å². The molecular formula is C18H25N5O4. The number of nitrogens with zero attached hydrogens (tertiary/aromatic N) is 5. The molecule has 2 atom stereocenters. The highest BCUT2D eigenvalue weighted by Gasteiger charge is 2.30. The van der Waals surface area contributed by atoms with Gasteiger partial charge in [-0.15, -0.1) is 5.10 Å². The van der Waals surface area contributed by atoms with E-state index in [-0.39, 0.29) is 30.7 Å². The van der Waals surface area contributed by atoms with E-state index < -0.39 is 0 Å². The Bertz CT molecular complexity index is 775. The molecule has 0 saturated heterocycles. The average molecular weight is 375 g/mol. The van der Waals surface area contributed by atoms with Crippen molar-refractivity contribution in [1.82, 2.24) is 25.0 Å². The van der Waals surface area contributed by atoms with Crippen molar-refractivity contribution in [2.45, 2.75) is 58.3 Å². The molecule has 0 unspecified atom stereocenters. The molecule has 27 heavy (non-hydrogen) atoms. The first-order valence-electron chi connectivity index (χ1n) is 9.17. The number of aliphatic hydroxyl groups excluding tert-OH is 1. The molecule has 0 radical (unpaired) electrons. The fraction of sp³-hybridized carbons (Fsp3) is 0.611. The molecule has 1 aliphatic rings. The van der Waals surface area contributed by atoms with Gasteiger partial charge < -0.3 is 14.6 Å². The van der Waals surface area contributed by atoms with Gasteiger partial charge >= 0.3 is 5.97 Å². The normalized spacial score (nSPS) is 19.9. The summed E-state index contributed by atoms with van der Waals surface area (Å²) >= 11 is 0. The van der Waals surface area contributed by atoms with Gasteiger partial charge in [0.05, 0.1) is 36.7 Å². The van der Waals surface area contributed by atoms with E-state index in [0.29, 0.717) is 29.4 Å². The SMILES string of the molecule is CC(C)OC(=O)[C@H]1CCC[C@H](Oc2cnc(-c3nnn(C)c3CO)cn2)C1. The second-order valence-corrected chi connectivity index (χ2v) is 7.00. The van der Waals surface area contributed by atoms with Crippen LogP contribution in [0.1, 0.15) is 45.2 Å². The van der Waals surface area contributed by atoms with Crippen LogP contribution in [0.5, 0.6) is 5.88 Å². The minimum Gasteiger partial charge on any atom is -0.473 e. The van der Waals surface area contributed by atoms with Crippen LogP contribution in [0.2, 0.25) is 0 Å². The van der Waals surface area contributed by atoms with Crippen LogP contribution in [0.15, 0.2) is 12.4 Å². The van der Waals surface area contributed by atoms with Crippen molar-refractivity contribution in [2.24, 2.45) is 13.0 Å². The van der Waals surface area contributed by atoms with Crippen LogP contribution in [-0.2, 0) is 23.2 Å². The predicted octanol–water partition coefficient (Wildman–Crippen LogP) is 1.65. The van der Waals surface area contributed by atoms with E-state index in [9.17, 15) is 9.90 Å². The summed E-state index contributed by atoms with van der Waals surface area (Å²) in [5.41, 5.74) is 1.58. The van der Waals surface area contributed by atoms with Crippen LogP contribution in [0, 0.1) is 5.92 Å². The van der Waals surface area contributed by atoms with Crippen LogP contribution < -0.4 is 4.74 Å². The molecule has 0 amide bonds. The average Bonchev–Trinajstić information content (AvgIpc) is 3.02. The molecule has 1 saturated carbocycles. The van der Waals surface area contributed by atoms with Gasteiger partial charge in [-0.05, 0) is 39.5 Å². The summed E-state index contributed by atoms with van der Waals surface area (Å²) in [6.45, 7) is 3.52. The van der Waals surface area contributed by atoms with E-state index in [1.165, 1.54) is 10.9 Å². The van der Waals surface area contributed by atoms with Gasteiger partial charge in [-0.25, -0.2) is 14.6 Å². The fourth-order valence-electron chi connectivity index (χ4n) is 3.22. The zero-order valence-corrected chi connectivity index (χ0v) is 15.8. The number of ether oxygens (including phenoxy) is 2. The Balaban J connectivity index is 1.63. The van der Waals surface area contributed by atoms with Crippen molar-refractivity contribution >= 4 is 5.97 Å². The summed E-state index contributed by atoms with van der Waals surface area (Å²) in [4.78, 5) is 20.7. The molecular weight excluding hydrogens is 350 g/mol. The van der Waals surface area contributed by atoms with Gasteiger partial charge in [-0.2, -0.15) is 0 Å². The van der Waals surface area contributed by atoms with Crippen molar-refractivity contribution in [3.05, 3.63) is 18.1 Å². The summed E-state index contributed by atoms with van der Waals surface area (Å²) in [6.07, 6.45) is 6.10. The van der Waals surface area contributed by atoms with Gasteiger partial charge in [0.1, 0.15) is 17.5 Å². The highest BCUT2D eigenvalue weighted by atomic mass is 16.5. The molecule has 146 valence electrons. The van der Waals surface area contributed by atoms with Crippen molar-refractivity contribution in [3.63, 3.8) is 0 Å². The highest BCUT2D eigenvalue weighted by Crippen LogP contribution is 2.29. The van der Waals surface area contributed by atoms with E-state index in [1.807, 2.05) is 13.8 Å². The van der Waals surface area contributed by atoms with E-state index in [4.69, 9.17) is 9.47 Å². The summed E-state index contributed by atoms with van der Waals surface area (Å²) in [6, 6.07) is 0. The monoisotopic (exact) mass is 375 g/mol.